The second-order valence-electron chi connectivity index (χ2n) is 0.992. The molecular weight excluding hydrogens is 272 g/mol. The summed E-state index contributed by atoms with van der Waals surface area (Å²) < 4.78 is 58.9. The van der Waals surface area contributed by atoms with Gasteiger partial charge in [0.1, 0.15) is 0 Å². The Balaban J connectivity index is -0.000000405. The van der Waals surface area contributed by atoms with Crippen molar-refractivity contribution in [3.05, 3.63) is 0 Å². The monoisotopic (exact) mass is 278 g/mol. The Kier molecular flexibility index (Phi) is 12.4. The zero-order chi connectivity index (χ0) is 8.41. The van der Waals surface area contributed by atoms with Crippen molar-refractivity contribution >= 4 is 96.3 Å². The van der Waals surface area contributed by atoms with E-state index < -0.39 is 20.8 Å². The summed E-state index contributed by atoms with van der Waals surface area (Å²) in [7, 11) is -10.0. The average Bonchev–Trinajstić information content (AvgIpc) is 1.57. The van der Waals surface area contributed by atoms with Crippen LogP contribution in [0.25, 0.3) is 0 Å². The first-order chi connectivity index (χ1) is 4.21. The van der Waals surface area contributed by atoms with Gasteiger partial charge in [0, 0.05) is 0 Å². The molecule has 0 aliphatic heterocycles. The van der Waals surface area contributed by atoms with Crippen LogP contribution in [0.15, 0.2) is 0 Å². The number of rotatable bonds is 3. The van der Waals surface area contributed by atoms with Gasteiger partial charge in [-0.15, -0.1) is 0 Å². The van der Waals surface area contributed by atoms with Gasteiger partial charge in [-0.1, -0.05) is 8.67 Å². The Morgan fingerprint density at radius 3 is 1.00 bits per heavy atom. The van der Waals surface area contributed by atoms with E-state index in [9.17, 15) is 16.8 Å². The van der Waals surface area contributed by atoms with E-state index in [1.165, 1.54) is 0 Å². The van der Waals surface area contributed by atoms with Gasteiger partial charge in [-0.25, -0.2) is 0 Å². The quantitative estimate of drug-likeness (QED) is 0.238. The molecule has 12 heteroatoms. The van der Waals surface area contributed by atoms with Crippen molar-refractivity contribution in [2.24, 2.45) is 0 Å². The fraction of sp³-hybridized carbons (Fsp3) is 0. The van der Waals surface area contributed by atoms with Gasteiger partial charge in [0.05, 0.1) is 0 Å². The zero-order valence-electron chi connectivity index (χ0n) is 4.16. The standard InChI is InChI=1S/2Ca.H2O8S2.4H/c;;1-9(2,3)7-8-10(4,5)6;;;;/h;;(H,1,2,3)(H,4,5,6);;;;. The van der Waals surface area contributed by atoms with E-state index in [0.29, 0.717) is 0 Å². The molecule has 0 saturated heterocycles. The predicted molar refractivity (Wildman–Crippen MR) is 42.4 cm³/mol. The van der Waals surface area contributed by atoms with Gasteiger partial charge in [0.25, 0.3) is 0 Å². The van der Waals surface area contributed by atoms with Crippen LogP contribution in [0.5, 0.6) is 0 Å². The first kappa shape index (κ1) is 19.8. The Hall–Kier alpha value is 2.26. The van der Waals surface area contributed by atoms with Gasteiger partial charge in [0.15, 0.2) is 0 Å². The molecule has 0 bridgehead atoms. The van der Waals surface area contributed by atoms with Gasteiger partial charge in [-0.05, 0) is 0 Å². The molecule has 0 spiro atoms. The Morgan fingerprint density at radius 1 is 0.750 bits per heavy atom. The van der Waals surface area contributed by atoms with Gasteiger partial charge in [0.2, 0.25) is 0 Å². The van der Waals surface area contributed by atoms with Crippen molar-refractivity contribution in [2.75, 3.05) is 0 Å². The maximum atomic E-state index is 9.51. The summed E-state index contributed by atoms with van der Waals surface area (Å²) in [6, 6.07) is 0. The van der Waals surface area contributed by atoms with Gasteiger partial charge < -0.3 is 0 Å². The molecule has 0 aromatic carbocycles. The molecule has 0 aliphatic carbocycles. The molecule has 0 radical (unpaired) electrons. The van der Waals surface area contributed by atoms with E-state index in [1.807, 2.05) is 0 Å². The summed E-state index contributed by atoms with van der Waals surface area (Å²) in [6.45, 7) is 0. The van der Waals surface area contributed by atoms with Crippen molar-refractivity contribution in [2.45, 2.75) is 0 Å². The molecule has 8 nitrogen and oxygen atoms in total. The third-order valence-corrected chi connectivity index (χ3v) is 0.766. The zero-order valence-corrected chi connectivity index (χ0v) is 5.79. The first-order valence-corrected chi connectivity index (χ1v) is 4.26. The molecule has 0 aliphatic rings. The summed E-state index contributed by atoms with van der Waals surface area (Å²) in [5.41, 5.74) is 0. The topological polar surface area (TPSA) is 127 Å². The minimum absolute atomic E-state index is 0. The SMILES string of the molecule is O=S(=O)(O)OOS(=O)(=O)O.[CaH2].[CaH2]. The minimum atomic E-state index is -5.02. The third-order valence-electron chi connectivity index (χ3n) is 0.200. The molecule has 0 aromatic heterocycles. The van der Waals surface area contributed by atoms with Crippen molar-refractivity contribution in [3.8, 4) is 0 Å². The number of hydrogen-bond donors (Lipinski definition) is 2. The number of hydrogen-bond acceptors (Lipinski definition) is 6. The molecule has 0 amide bonds. The molecule has 70 valence electrons. The molecule has 2 N–H and O–H groups in total. The Labute approximate surface area is 128 Å². The molecule has 0 saturated carbocycles. The first-order valence-electron chi connectivity index (χ1n) is 1.53. The molecule has 0 aromatic rings. The van der Waals surface area contributed by atoms with Gasteiger partial charge in [-0.2, -0.15) is 16.8 Å². The second kappa shape index (κ2) is 7.54. The second-order valence-corrected chi connectivity index (χ2v) is 2.97. The molecule has 0 heterocycles. The van der Waals surface area contributed by atoms with Crippen molar-refractivity contribution in [3.63, 3.8) is 0 Å². The van der Waals surface area contributed by atoms with Crippen LogP contribution < -0.4 is 0 Å². The average molecular weight is 278 g/mol. The normalized spacial score (nSPS) is 11.2. The summed E-state index contributed by atoms with van der Waals surface area (Å²) in [4.78, 5) is 0. The Morgan fingerprint density at radius 2 is 0.917 bits per heavy atom. The van der Waals surface area contributed by atoms with Crippen LogP contribution in [0.3, 0.4) is 0 Å². The molecule has 0 rings (SSSR count). The van der Waals surface area contributed by atoms with E-state index in [0.717, 1.165) is 0 Å². The van der Waals surface area contributed by atoms with Crippen molar-refractivity contribution in [1.29, 1.82) is 0 Å². The van der Waals surface area contributed by atoms with Crippen LogP contribution in [0, 0.1) is 0 Å². The summed E-state index contributed by atoms with van der Waals surface area (Å²) in [5.74, 6) is 0. The fourth-order valence-electron chi connectivity index (χ4n) is 0.0702. The van der Waals surface area contributed by atoms with Crippen LogP contribution in [-0.4, -0.2) is 101 Å². The third kappa shape index (κ3) is 18.1. The molecule has 0 atom stereocenters. The summed E-state index contributed by atoms with van der Waals surface area (Å²) in [5, 5.41) is 0. The van der Waals surface area contributed by atoms with E-state index in [1.54, 1.807) is 0 Å². The molecular formula is H6Ca2O8S2. The van der Waals surface area contributed by atoms with E-state index >= 15 is 0 Å². The summed E-state index contributed by atoms with van der Waals surface area (Å²) in [6.07, 6.45) is 0. The van der Waals surface area contributed by atoms with Gasteiger partial charge >= 0.3 is 96.3 Å². The van der Waals surface area contributed by atoms with Crippen LogP contribution in [0.4, 0.5) is 0 Å². The van der Waals surface area contributed by atoms with Crippen molar-refractivity contribution < 1.29 is 34.6 Å². The van der Waals surface area contributed by atoms with E-state index in [4.69, 9.17) is 9.11 Å². The van der Waals surface area contributed by atoms with Crippen LogP contribution in [-0.2, 0) is 29.5 Å². The van der Waals surface area contributed by atoms with Crippen LogP contribution >= 0.6 is 0 Å². The molecule has 0 unspecified atom stereocenters. The van der Waals surface area contributed by atoms with E-state index in [-0.39, 0.29) is 75.5 Å². The fourth-order valence-corrected chi connectivity index (χ4v) is 0.632. The van der Waals surface area contributed by atoms with E-state index in [2.05, 4.69) is 8.67 Å². The molecule has 12 heavy (non-hydrogen) atoms. The predicted octanol–water partition coefficient (Wildman–Crippen LogP) is -3.29. The molecule has 0 fully saturated rings. The van der Waals surface area contributed by atoms with Crippen molar-refractivity contribution in [1.82, 2.24) is 0 Å². The van der Waals surface area contributed by atoms with Crippen LogP contribution in [0.2, 0.25) is 0 Å². The maximum absolute atomic E-state index is 9.51. The van der Waals surface area contributed by atoms with Crippen LogP contribution in [0.1, 0.15) is 0 Å². The summed E-state index contributed by atoms with van der Waals surface area (Å²) >= 11 is 0. The Bertz CT molecular complexity index is 251. The van der Waals surface area contributed by atoms with Gasteiger partial charge in [-0.3, -0.25) is 9.11 Å².